The Balaban J connectivity index is 1.91. The van der Waals surface area contributed by atoms with Gasteiger partial charge in [-0.15, -0.1) is 11.3 Å². The second kappa shape index (κ2) is 4.11. The van der Waals surface area contributed by atoms with E-state index in [-0.39, 0.29) is 0 Å². The zero-order valence-corrected chi connectivity index (χ0v) is 9.90. The predicted molar refractivity (Wildman–Crippen MR) is 61.0 cm³/mol. The minimum absolute atomic E-state index is 0.792. The Kier molecular flexibility index (Phi) is 3.06. The number of nitrogens with two attached hydrogens (primary N) is 1. The summed E-state index contributed by atoms with van der Waals surface area (Å²) in [7, 11) is 0. The molecule has 72 valence electrons. The van der Waals surface area contributed by atoms with Crippen LogP contribution < -0.4 is 5.73 Å². The number of hydrogen-bond acceptors (Lipinski definition) is 2. The first-order chi connectivity index (χ1) is 6.29. The van der Waals surface area contributed by atoms with E-state index in [2.05, 4.69) is 28.1 Å². The van der Waals surface area contributed by atoms with Gasteiger partial charge in [-0.1, -0.05) is 0 Å². The van der Waals surface area contributed by atoms with Crippen molar-refractivity contribution in [3.63, 3.8) is 0 Å². The Bertz CT molecular complexity index is 282. The summed E-state index contributed by atoms with van der Waals surface area (Å²) in [5.41, 5.74) is 5.68. The molecule has 1 aromatic heterocycles. The minimum atomic E-state index is 0.792. The zero-order valence-electron chi connectivity index (χ0n) is 7.50. The van der Waals surface area contributed by atoms with Gasteiger partial charge in [0.05, 0.1) is 3.79 Å². The van der Waals surface area contributed by atoms with Crippen molar-refractivity contribution < 1.29 is 0 Å². The molecule has 2 N–H and O–H groups in total. The molecule has 1 fully saturated rings. The van der Waals surface area contributed by atoms with Crippen LogP contribution in [0.2, 0.25) is 0 Å². The summed E-state index contributed by atoms with van der Waals surface area (Å²) >= 11 is 5.34. The number of hydrogen-bond donors (Lipinski definition) is 1. The maximum Gasteiger partial charge on any atom is 0.0701 e. The van der Waals surface area contributed by atoms with Crippen molar-refractivity contribution in [1.29, 1.82) is 0 Å². The molecule has 13 heavy (non-hydrogen) atoms. The zero-order chi connectivity index (χ0) is 9.26. The molecule has 0 radical (unpaired) electrons. The highest BCUT2D eigenvalue weighted by Gasteiger charge is 2.29. The van der Waals surface area contributed by atoms with E-state index < -0.39 is 0 Å². The molecule has 0 bridgehead atoms. The maximum absolute atomic E-state index is 5.68. The summed E-state index contributed by atoms with van der Waals surface area (Å²) in [6.07, 6.45) is 3.95. The van der Waals surface area contributed by atoms with Crippen molar-refractivity contribution in [2.45, 2.75) is 19.3 Å². The van der Waals surface area contributed by atoms with Gasteiger partial charge in [0.2, 0.25) is 0 Å². The molecule has 1 nitrogen and oxygen atoms in total. The van der Waals surface area contributed by atoms with Crippen molar-refractivity contribution in [2.24, 2.45) is 17.6 Å². The van der Waals surface area contributed by atoms with E-state index in [0.717, 1.165) is 18.4 Å². The average molecular weight is 260 g/mol. The highest BCUT2D eigenvalue weighted by Crippen LogP contribution is 2.37. The normalized spacial score (nSPS) is 27.2. The lowest BCUT2D eigenvalue weighted by atomic mass is 9.72. The summed E-state index contributed by atoms with van der Waals surface area (Å²) < 4.78 is 1.24. The molecule has 0 saturated heterocycles. The molecule has 1 aromatic rings. The fourth-order valence-electron chi connectivity index (χ4n) is 1.94. The van der Waals surface area contributed by atoms with E-state index in [4.69, 9.17) is 5.73 Å². The highest BCUT2D eigenvalue weighted by atomic mass is 79.9. The van der Waals surface area contributed by atoms with E-state index in [0.29, 0.717) is 0 Å². The van der Waals surface area contributed by atoms with Gasteiger partial charge < -0.3 is 5.73 Å². The van der Waals surface area contributed by atoms with Crippen LogP contribution >= 0.6 is 27.3 Å². The molecular formula is C10H14BrNS. The molecule has 2 unspecified atom stereocenters. The van der Waals surface area contributed by atoms with E-state index in [1.165, 1.54) is 27.9 Å². The van der Waals surface area contributed by atoms with Crippen molar-refractivity contribution in [2.75, 3.05) is 6.54 Å². The third kappa shape index (κ3) is 2.14. The third-order valence-electron chi connectivity index (χ3n) is 2.97. The summed E-state index contributed by atoms with van der Waals surface area (Å²) in [6, 6.07) is 4.36. The predicted octanol–water partition coefficient (Wildman–Crippen LogP) is 3.04. The Morgan fingerprint density at radius 1 is 1.38 bits per heavy atom. The number of thiophene rings is 1. The van der Waals surface area contributed by atoms with Gasteiger partial charge in [-0.05, 0) is 65.7 Å². The quantitative estimate of drug-likeness (QED) is 0.888. The fourth-order valence-corrected chi connectivity index (χ4v) is 3.51. The first-order valence-electron chi connectivity index (χ1n) is 4.74. The van der Waals surface area contributed by atoms with E-state index in [1.54, 1.807) is 0 Å². The minimum Gasteiger partial charge on any atom is -0.330 e. The molecule has 0 aliphatic heterocycles. The number of rotatable bonds is 3. The summed E-state index contributed by atoms with van der Waals surface area (Å²) in [5, 5.41) is 0. The molecule has 3 heteroatoms. The molecule has 1 aliphatic rings. The molecule has 0 aromatic carbocycles. The van der Waals surface area contributed by atoms with Crippen molar-refractivity contribution in [3.8, 4) is 0 Å². The van der Waals surface area contributed by atoms with Gasteiger partial charge >= 0.3 is 0 Å². The van der Waals surface area contributed by atoms with Crippen LogP contribution in [-0.2, 0) is 6.42 Å². The van der Waals surface area contributed by atoms with Gasteiger partial charge in [0.1, 0.15) is 0 Å². The Morgan fingerprint density at radius 3 is 2.62 bits per heavy atom. The van der Waals surface area contributed by atoms with E-state index in [9.17, 15) is 0 Å². The van der Waals surface area contributed by atoms with Crippen molar-refractivity contribution in [3.05, 3.63) is 20.8 Å². The monoisotopic (exact) mass is 259 g/mol. The van der Waals surface area contributed by atoms with Gasteiger partial charge in [-0.3, -0.25) is 0 Å². The summed E-state index contributed by atoms with van der Waals surface area (Å²) in [5.74, 6) is 1.65. The van der Waals surface area contributed by atoms with Crippen LogP contribution in [0.25, 0.3) is 0 Å². The second-order valence-corrected chi connectivity index (χ2v) is 6.29. The van der Waals surface area contributed by atoms with Crippen LogP contribution in [0, 0.1) is 11.8 Å². The van der Waals surface area contributed by atoms with Gasteiger partial charge in [0, 0.05) is 4.88 Å². The first-order valence-corrected chi connectivity index (χ1v) is 6.35. The number of halogens is 1. The summed E-state index contributed by atoms with van der Waals surface area (Å²) in [6.45, 7) is 0.872. The highest BCUT2D eigenvalue weighted by molar-refractivity contribution is 9.11. The third-order valence-corrected chi connectivity index (χ3v) is 4.62. The molecule has 1 saturated carbocycles. The lowest BCUT2D eigenvalue weighted by molar-refractivity contribution is 0.184. The first kappa shape index (κ1) is 9.69. The van der Waals surface area contributed by atoms with Crippen LogP contribution in [0.3, 0.4) is 0 Å². The molecule has 2 atom stereocenters. The van der Waals surface area contributed by atoms with Crippen LogP contribution in [0.15, 0.2) is 15.9 Å². The lowest BCUT2D eigenvalue weighted by Crippen LogP contribution is -2.33. The molecular weight excluding hydrogens is 246 g/mol. The Labute approximate surface area is 91.5 Å². The SMILES string of the molecule is NCC1CCC1Cc1ccc(Br)s1. The Morgan fingerprint density at radius 2 is 2.15 bits per heavy atom. The molecule has 0 spiro atoms. The molecule has 0 amide bonds. The van der Waals surface area contributed by atoms with Gasteiger partial charge in [-0.25, -0.2) is 0 Å². The largest absolute Gasteiger partial charge is 0.330 e. The fraction of sp³-hybridized carbons (Fsp3) is 0.600. The average Bonchev–Trinajstić information content (AvgIpc) is 2.46. The van der Waals surface area contributed by atoms with Crippen LogP contribution in [0.5, 0.6) is 0 Å². The van der Waals surface area contributed by atoms with Gasteiger partial charge in [0.25, 0.3) is 0 Å². The molecule has 2 rings (SSSR count). The standard InChI is InChI=1S/C10H14BrNS/c11-10-4-3-9(13-10)5-7-1-2-8(7)6-12/h3-4,7-8H,1-2,5-6,12H2. The van der Waals surface area contributed by atoms with Crippen molar-refractivity contribution in [1.82, 2.24) is 0 Å². The Hall–Kier alpha value is 0.140. The smallest absolute Gasteiger partial charge is 0.0701 e. The van der Waals surface area contributed by atoms with E-state index >= 15 is 0 Å². The lowest BCUT2D eigenvalue weighted by Gasteiger charge is -2.35. The van der Waals surface area contributed by atoms with Crippen LogP contribution in [0.4, 0.5) is 0 Å². The molecule has 1 aliphatic carbocycles. The van der Waals surface area contributed by atoms with Crippen LogP contribution in [0.1, 0.15) is 17.7 Å². The molecule has 1 heterocycles. The summed E-state index contributed by atoms with van der Waals surface area (Å²) in [4.78, 5) is 1.50. The second-order valence-electron chi connectivity index (χ2n) is 3.74. The van der Waals surface area contributed by atoms with Crippen molar-refractivity contribution >= 4 is 27.3 Å². The van der Waals surface area contributed by atoms with Gasteiger partial charge in [-0.2, -0.15) is 0 Å². The van der Waals surface area contributed by atoms with Crippen LogP contribution in [-0.4, -0.2) is 6.54 Å². The van der Waals surface area contributed by atoms with Gasteiger partial charge in [0.15, 0.2) is 0 Å². The van der Waals surface area contributed by atoms with E-state index in [1.807, 2.05) is 11.3 Å². The topological polar surface area (TPSA) is 26.0 Å². The maximum atomic E-state index is 5.68.